The average molecular weight is 426 g/mol. The summed E-state index contributed by atoms with van der Waals surface area (Å²) in [6, 6.07) is 0.999. The fraction of sp³-hybridized carbons (Fsp3) is 0.462. The first-order valence-corrected chi connectivity index (χ1v) is 10.4. The molecular formula is C13H18ClN4O6S2-. The predicted octanol–water partition coefficient (Wildman–Crippen LogP) is -0.300. The molecule has 0 bridgehead atoms. The minimum atomic E-state index is -4.08. The molecule has 26 heavy (non-hydrogen) atoms. The van der Waals surface area contributed by atoms with E-state index in [0.29, 0.717) is 0 Å². The molecule has 2 unspecified atom stereocenters. The molecule has 0 radical (unpaired) electrons. The third-order valence-corrected chi connectivity index (χ3v) is 5.98. The fourth-order valence-electron chi connectivity index (χ4n) is 2.48. The van der Waals surface area contributed by atoms with Crippen molar-refractivity contribution in [2.45, 2.75) is 30.3 Å². The van der Waals surface area contributed by atoms with Gasteiger partial charge in [0.05, 0.1) is 23.0 Å². The zero-order valence-electron chi connectivity index (χ0n) is 13.7. The second-order valence-electron chi connectivity index (χ2n) is 5.47. The molecule has 5 N–H and O–H groups in total. The van der Waals surface area contributed by atoms with Gasteiger partial charge in [0.1, 0.15) is 10.9 Å². The van der Waals surface area contributed by atoms with E-state index in [0.717, 1.165) is 12.1 Å². The molecule has 1 fully saturated rings. The van der Waals surface area contributed by atoms with Crippen molar-refractivity contribution in [3.63, 3.8) is 0 Å². The van der Waals surface area contributed by atoms with Crippen molar-refractivity contribution in [1.82, 2.24) is 10.0 Å². The van der Waals surface area contributed by atoms with Gasteiger partial charge in [-0.25, -0.2) is 13.1 Å². The second kappa shape index (κ2) is 8.50. The van der Waals surface area contributed by atoms with Gasteiger partial charge in [-0.05, 0) is 25.5 Å². The summed E-state index contributed by atoms with van der Waals surface area (Å²) in [6.45, 7) is 2.13. The molecule has 1 aromatic rings. The summed E-state index contributed by atoms with van der Waals surface area (Å²) in [5.74, 6) is -0.455. The van der Waals surface area contributed by atoms with Crippen molar-refractivity contribution >= 4 is 50.2 Å². The van der Waals surface area contributed by atoms with Crippen molar-refractivity contribution in [2.75, 3.05) is 23.6 Å². The van der Waals surface area contributed by atoms with E-state index in [9.17, 15) is 22.0 Å². The maximum Gasteiger partial charge on any atom is 0.323 e. The minimum Gasteiger partial charge on any atom is -0.755 e. The van der Waals surface area contributed by atoms with E-state index in [1.807, 2.05) is 4.72 Å². The maximum absolute atomic E-state index is 12.6. The Bertz CT molecular complexity index is 819. The number of hydrogen-bond donors (Lipinski definition) is 4. The van der Waals surface area contributed by atoms with Gasteiger partial charge < -0.3 is 25.1 Å². The average Bonchev–Trinajstić information content (AvgIpc) is 2.97. The Labute approximate surface area is 158 Å². The number of sulfonamides is 1. The van der Waals surface area contributed by atoms with E-state index < -0.39 is 39.3 Å². The number of esters is 1. The van der Waals surface area contributed by atoms with Gasteiger partial charge in [-0.1, -0.05) is 11.6 Å². The van der Waals surface area contributed by atoms with Crippen molar-refractivity contribution in [2.24, 2.45) is 0 Å². The molecule has 1 saturated heterocycles. The van der Waals surface area contributed by atoms with Gasteiger partial charge in [0.15, 0.2) is 0 Å². The first-order chi connectivity index (χ1) is 12.1. The number of ether oxygens (including phenoxy) is 1. The van der Waals surface area contributed by atoms with Gasteiger partial charge in [-0.3, -0.25) is 9.00 Å². The number of carbonyl (C=O) groups excluding carboxylic acids is 1. The molecule has 2 rings (SSSR count). The number of carbonyl (C=O) groups is 1. The minimum absolute atomic E-state index is 0.0249. The molecule has 146 valence electrons. The number of anilines is 2. The van der Waals surface area contributed by atoms with Crippen LogP contribution in [0.2, 0.25) is 5.02 Å². The van der Waals surface area contributed by atoms with Gasteiger partial charge >= 0.3 is 5.97 Å². The number of benzene rings is 1. The summed E-state index contributed by atoms with van der Waals surface area (Å²) in [5.41, 5.74) is 5.49. The number of nitrogen functional groups attached to an aromatic ring is 1. The van der Waals surface area contributed by atoms with Crippen LogP contribution in [-0.2, 0) is 30.8 Å². The first kappa shape index (κ1) is 20.9. The Kier molecular flexibility index (Phi) is 6.82. The van der Waals surface area contributed by atoms with Crippen LogP contribution in [0.4, 0.5) is 11.4 Å². The molecule has 0 aliphatic carbocycles. The molecule has 13 heteroatoms. The van der Waals surface area contributed by atoms with Crippen LogP contribution in [0, 0.1) is 0 Å². The van der Waals surface area contributed by atoms with Gasteiger partial charge in [-0.15, -0.1) is 0 Å². The van der Waals surface area contributed by atoms with E-state index in [1.54, 1.807) is 6.92 Å². The summed E-state index contributed by atoms with van der Waals surface area (Å²) in [5, 5.41) is 2.72. The quantitative estimate of drug-likeness (QED) is 0.263. The van der Waals surface area contributed by atoms with Crippen molar-refractivity contribution < 1.29 is 26.7 Å². The zero-order chi connectivity index (χ0) is 19.5. The first-order valence-electron chi connectivity index (χ1n) is 7.51. The van der Waals surface area contributed by atoms with Crippen LogP contribution < -0.4 is 20.5 Å². The number of nitrogens with two attached hydrogens (primary N) is 1. The smallest absolute Gasteiger partial charge is 0.323 e. The second-order valence-corrected chi connectivity index (χ2v) is 8.24. The van der Waals surface area contributed by atoms with Gasteiger partial charge in [0.2, 0.25) is 10.0 Å². The maximum atomic E-state index is 12.6. The van der Waals surface area contributed by atoms with E-state index >= 15 is 0 Å². The lowest BCUT2D eigenvalue weighted by atomic mass is 10.2. The highest BCUT2D eigenvalue weighted by atomic mass is 35.5. The van der Waals surface area contributed by atoms with Crippen LogP contribution in [0.3, 0.4) is 0 Å². The van der Waals surface area contributed by atoms with Crippen LogP contribution in [0.1, 0.15) is 13.3 Å². The molecule has 1 aromatic carbocycles. The van der Waals surface area contributed by atoms with Crippen LogP contribution in [0.25, 0.3) is 0 Å². The van der Waals surface area contributed by atoms with E-state index in [4.69, 9.17) is 22.1 Å². The van der Waals surface area contributed by atoms with Gasteiger partial charge in [0, 0.05) is 23.9 Å². The number of rotatable bonds is 7. The van der Waals surface area contributed by atoms with Crippen LogP contribution in [0.15, 0.2) is 17.0 Å². The van der Waals surface area contributed by atoms with Crippen molar-refractivity contribution in [1.29, 1.82) is 0 Å². The third-order valence-electron chi connectivity index (χ3n) is 3.61. The number of halogens is 1. The van der Waals surface area contributed by atoms with Crippen LogP contribution in [-0.4, -0.2) is 48.4 Å². The monoisotopic (exact) mass is 425 g/mol. The molecule has 0 amide bonds. The molecule has 3 atom stereocenters. The number of nitrogens with one attached hydrogen (secondary N) is 3. The zero-order valence-corrected chi connectivity index (χ0v) is 16.0. The molecule has 1 heterocycles. The normalized spacial score (nSPS) is 21.3. The molecule has 1 aliphatic rings. The Balaban J connectivity index is 2.18. The Morgan fingerprint density at radius 2 is 2.23 bits per heavy atom. The van der Waals surface area contributed by atoms with E-state index in [-0.39, 0.29) is 40.9 Å². The summed E-state index contributed by atoms with van der Waals surface area (Å²) < 4.78 is 56.1. The van der Waals surface area contributed by atoms with Gasteiger partial charge in [-0.2, -0.15) is 0 Å². The van der Waals surface area contributed by atoms with Gasteiger partial charge in [0.25, 0.3) is 0 Å². The fourth-order valence-corrected chi connectivity index (χ4v) is 4.65. The molecule has 0 spiro atoms. The van der Waals surface area contributed by atoms with Crippen molar-refractivity contribution in [3.05, 3.63) is 17.2 Å². The largest absolute Gasteiger partial charge is 0.755 e. The van der Waals surface area contributed by atoms with Crippen LogP contribution in [0.5, 0.6) is 0 Å². The highest BCUT2D eigenvalue weighted by Gasteiger charge is 2.33. The SMILES string of the molecule is CCOC(=O)C1C[C@H](NS(=O)(=O)c2cc(NS(=O)[O-])c(N)cc2Cl)CN1. The van der Waals surface area contributed by atoms with Crippen LogP contribution >= 0.6 is 11.6 Å². The Hall–Kier alpha value is -1.44. The summed E-state index contributed by atoms with van der Waals surface area (Å²) in [6.07, 6.45) is 0.209. The molecule has 0 saturated carbocycles. The standard InChI is InChI=1S/C13H19ClN4O6S2/c1-2-24-13(19)11-3-7(6-16-11)18-26(22,23)12-5-10(17-25(20)21)9(15)4-8(12)14/h4-5,7,11,16-18H,2-3,6,15H2,1H3,(H,20,21)/p-1/t7-,11?/m0/s1. The van der Waals surface area contributed by atoms with E-state index in [2.05, 4.69) is 10.0 Å². The third kappa shape index (κ3) is 5.05. The molecule has 10 nitrogen and oxygen atoms in total. The summed E-state index contributed by atoms with van der Waals surface area (Å²) in [7, 11) is -4.08. The molecule has 1 aliphatic heterocycles. The molecule has 0 aromatic heterocycles. The number of hydrogen-bond acceptors (Lipinski definition) is 8. The predicted molar refractivity (Wildman–Crippen MR) is 95.6 cm³/mol. The molecular weight excluding hydrogens is 408 g/mol. The lowest BCUT2D eigenvalue weighted by Crippen LogP contribution is -2.36. The topological polar surface area (TPSA) is 163 Å². The highest BCUT2D eigenvalue weighted by Crippen LogP contribution is 2.31. The summed E-state index contributed by atoms with van der Waals surface area (Å²) >= 11 is 3.27. The summed E-state index contributed by atoms with van der Waals surface area (Å²) in [4.78, 5) is 11.4. The Morgan fingerprint density at radius 3 is 2.85 bits per heavy atom. The van der Waals surface area contributed by atoms with E-state index in [1.165, 1.54) is 0 Å². The highest BCUT2D eigenvalue weighted by molar-refractivity contribution is 7.89. The lowest BCUT2D eigenvalue weighted by Gasteiger charge is -2.16. The lowest BCUT2D eigenvalue weighted by molar-refractivity contribution is -0.145. The Morgan fingerprint density at radius 1 is 1.54 bits per heavy atom. The van der Waals surface area contributed by atoms with Crippen molar-refractivity contribution in [3.8, 4) is 0 Å².